The molecule has 3 aromatic carbocycles. The number of fused-ring (bicyclic) bond motifs is 6. The first-order chi connectivity index (χ1) is 50.6. The fourth-order valence-corrected chi connectivity index (χ4v) is 17.1. The van der Waals surface area contributed by atoms with E-state index < -0.39 is 169 Å². The summed E-state index contributed by atoms with van der Waals surface area (Å²) in [5.74, 6) is -11.3. The number of amides is 3. The lowest BCUT2D eigenvalue weighted by Gasteiger charge is -2.32. The second-order valence-corrected chi connectivity index (χ2v) is 30.8. The molecule has 576 valence electrons. The number of anilines is 4. The van der Waals surface area contributed by atoms with Gasteiger partial charge in [-0.3, -0.25) is 68.8 Å². The lowest BCUT2D eigenvalue weighted by atomic mass is 10.1. The molecule has 7 unspecified atom stereocenters. The van der Waals surface area contributed by atoms with Gasteiger partial charge in [0.25, 0.3) is 17.7 Å². The molecule has 3 amide bonds. The van der Waals surface area contributed by atoms with Crippen LogP contribution in [0.3, 0.4) is 0 Å². The largest absolute Gasteiger partial charge is 0.493 e. The van der Waals surface area contributed by atoms with Gasteiger partial charge < -0.3 is 49.7 Å². The Morgan fingerprint density at radius 3 is 1.27 bits per heavy atom. The number of benzene rings is 3. The molecule has 13 atom stereocenters. The fraction of sp³-hybridized carbons (Fsp3) is 0.484. The first-order valence-corrected chi connectivity index (χ1v) is 37.7. The number of phosphoric ester groups is 3. The summed E-state index contributed by atoms with van der Waals surface area (Å²) in [6, 6.07) is 18.2. The molecule has 12 heterocycles. The van der Waals surface area contributed by atoms with E-state index in [0.29, 0.717) is 80.4 Å². The Bertz CT molecular complexity index is 4790. The maximum Gasteiger partial charge on any atom is 0.475 e. The van der Waals surface area contributed by atoms with Gasteiger partial charge in [-0.1, -0.05) is 0 Å². The third-order valence-electron chi connectivity index (χ3n) is 17.0. The first kappa shape index (κ1) is 76.9. The van der Waals surface area contributed by atoms with E-state index in [2.05, 4.69) is 36.2 Å². The van der Waals surface area contributed by atoms with Gasteiger partial charge in [0.05, 0.1) is 50.4 Å². The number of nitrogens with zero attached hydrogens (tertiary/aromatic N) is 6. The number of nitrogens with one attached hydrogen (secondary N) is 4. The SMILES string of the molecule is CC(C)OP1(=O)OC[C@H]2OC(n3ccc(NC(=O)c4ccc5c(c4)CC(C)O5)nc3=O)C(F)(F)[C@@H]2O1.CC(C)OP1(=O)OC[C@H]2OC(n3ccc(NC(=O)c4ccc5c(c4)CCO5)nc3=O)C(F)(F)[C@@H]2O1.CC(C)OP1(=O)OC[C@H]2OC(n3ccc(NC(=O)c4ccc5c(c4)NCCO5)nc3=O)C(F)(F)[C@@H]2O1. The van der Waals surface area contributed by atoms with E-state index in [1.807, 2.05) is 6.92 Å². The van der Waals surface area contributed by atoms with Gasteiger partial charge >= 0.3 is 58.3 Å². The van der Waals surface area contributed by atoms with Crippen LogP contribution in [0.5, 0.6) is 17.2 Å². The molecule has 0 bridgehead atoms. The number of halogens is 6. The van der Waals surface area contributed by atoms with Crippen molar-refractivity contribution in [1.82, 2.24) is 28.7 Å². The summed E-state index contributed by atoms with van der Waals surface area (Å²) in [6.45, 7) is 11.4. The van der Waals surface area contributed by atoms with Gasteiger partial charge in [-0.2, -0.15) is 41.3 Å². The van der Waals surface area contributed by atoms with E-state index in [1.165, 1.54) is 18.2 Å². The Morgan fingerprint density at radius 1 is 0.514 bits per heavy atom. The number of phosphoric acid groups is 3. The molecule has 4 N–H and O–H groups in total. The summed E-state index contributed by atoms with van der Waals surface area (Å²) in [6.07, 6.45) is -13.4. The Kier molecular flexibility index (Phi) is 21.5. The highest BCUT2D eigenvalue weighted by atomic mass is 31.2. The van der Waals surface area contributed by atoms with Gasteiger partial charge in [0.1, 0.15) is 65.7 Å². The van der Waals surface area contributed by atoms with Crippen LogP contribution >= 0.6 is 23.5 Å². The number of ether oxygens (including phenoxy) is 6. The Hall–Kier alpha value is -8.30. The van der Waals surface area contributed by atoms with Gasteiger partial charge in [-0.05, 0) is 132 Å². The molecule has 6 fully saturated rings. The van der Waals surface area contributed by atoms with Gasteiger partial charge in [0, 0.05) is 54.7 Å². The zero-order chi connectivity index (χ0) is 76.4. The van der Waals surface area contributed by atoms with Crippen molar-refractivity contribution < 1.29 is 124 Å². The predicted octanol–water partition coefficient (Wildman–Crippen LogP) is 8.99. The third kappa shape index (κ3) is 16.2. The summed E-state index contributed by atoms with van der Waals surface area (Å²) in [5.41, 5.74) is 0.0851. The van der Waals surface area contributed by atoms with Crippen LogP contribution in [0.1, 0.15) is 109 Å². The van der Waals surface area contributed by atoms with Crippen molar-refractivity contribution >= 4 is 64.3 Å². The van der Waals surface area contributed by atoms with E-state index >= 15 is 26.3 Å². The third-order valence-corrected chi connectivity index (χ3v) is 21.9. The number of aromatic nitrogens is 6. The summed E-state index contributed by atoms with van der Waals surface area (Å²) in [5, 5.41) is 10.5. The molecule has 0 spiro atoms. The molecular formula is C64H69F6N10O24P3. The van der Waals surface area contributed by atoms with Crippen LogP contribution in [0, 0.1) is 0 Å². The summed E-state index contributed by atoms with van der Waals surface area (Å²) in [4.78, 5) is 86.7. The first-order valence-electron chi connectivity index (χ1n) is 33.3. The molecule has 9 aliphatic heterocycles. The smallest absolute Gasteiger partial charge is 0.475 e. The normalized spacial score (nSPS) is 29.3. The summed E-state index contributed by atoms with van der Waals surface area (Å²) < 4.78 is 208. The molecule has 34 nitrogen and oxygen atoms in total. The van der Waals surface area contributed by atoms with Crippen LogP contribution in [0.15, 0.2) is 106 Å². The van der Waals surface area contributed by atoms with E-state index in [0.717, 1.165) is 29.7 Å². The monoisotopic (exact) mass is 1570 g/mol. The highest BCUT2D eigenvalue weighted by molar-refractivity contribution is 7.49. The van der Waals surface area contributed by atoms with E-state index in [-0.39, 0.29) is 29.1 Å². The number of hydrogen-bond acceptors (Lipinski definition) is 28. The molecule has 15 rings (SSSR count). The molecule has 0 aliphatic carbocycles. The Morgan fingerprint density at radius 2 is 0.879 bits per heavy atom. The Labute approximate surface area is 602 Å². The van der Waals surface area contributed by atoms with Crippen LogP contribution in [0.4, 0.5) is 49.5 Å². The fourth-order valence-electron chi connectivity index (χ4n) is 12.4. The standard InChI is InChI=1S/C22H24F2N3O8P.C21H23F2N4O8P.C21H22F2N3O8P/c1-11(2)34-36(30)31-10-16-18(35-36)22(23,24)20(33-16)27-7-6-17(26-21(27)29)25-19(28)13-4-5-15-14(9-13)8-12(3)32-15;1-11(2)34-36(30)32-10-15-17(35-36)21(22,23)19(33-15)27-7-5-16(26-20(27)29)25-18(28)12-3-4-14-13(9-12)24-6-8-31-14;1-11(2)33-35(29)31-10-15-17(34-35)21(22,23)19(32-15)26-7-5-16(25-20(26)28)24-18(27)13-3-4-14-12(9-13)6-8-30-14/h4-7,9,11-12,16,18,20H,8,10H2,1-3H3,(H,25,26,28,29);3-5,7,9,11,15,17,19,24H,6,8,10H2,1-2H3,(H,25,26,28,29);3-5,7,9,11,15,17,19H,6,8,10H2,1-2H3,(H,24,25,27,28)/t12?,16-,18-,20?,36?;15-,17-,19?,36?;15-,17-,19?,35?/m111/s1. The number of alkyl halides is 6. The number of carbonyl (C=O) groups is 3. The van der Waals surface area contributed by atoms with Crippen molar-refractivity contribution in [2.45, 2.75) is 159 Å². The maximum absolute atomic E-state index is 15.2. The number of rotatable bonds is 15. The average Bonchev–Trinajstić information content (AvgIpc) is 1.61. The molecular weight excluding hydrogens is 1500 g/mol. The van der Waals surface area contributed by atoms with Crippen molar-refractivity contribution in [1.29, 1.82) is 0 Å². The Balaban J connectivity index is 0.000000142. The van der Waals surface area contributed by atoms with Crippen molar-refractivity contribution in [3.05, 3.63) is 151 Å². The molecule has 6 saturated heterocycles. The van der Waals surface area contributed by atoms with E-state index in [4.69, 9.17) is 69.1 Å². The number of carbonyl (C=O) groups excluding carboxylic acids is 3. The van der Waals surface area contributed by atoms with Crippen molar-refractivity contribution in [3.63, 3.8) is 0 Å². The molecule has 9 aliphatic rings. The minimum atomic E-state index is -4.23. The van der Waals surface area contributed by atoms with Crippen LogP contribution in [-0.4, -0.2) is 165 Å². The van der Waals surface area contributed by atoms with Gasteiger partial charge in [0.15, 0.2) is 18.3 Å². The highest BCUT2D eigenvalue weighted by Gasteiger charge is 2.68. The van der Waals surface area contributed by atoms with Gasteiger partial charge in [-0.25, -0.2) is 28.1 Å². The quantitative estimate of drug-likeness (QED) is 0.0550. The van der Waals surface area contributed by atoms with Crippen LogP contribution in [0.2, 0.25) is 0 Å². The van der Waals surface area contributed by atoms with Gasteiger partial charge in [-0.15, -0.1) is 0 Å². The van der Waals surface area contributed by atoms with Crippen LogP contribution in [-0.2, 0) is 81.5 Å². The minimum Gasteiger partial charge on any atom is -0.493 e. The zero-order valence-electron chi connectivity index (χ0n) is 57.4. The summed E-state index contributed by atoms with van der Waals surface area (Å²) in [7, 11) is -12.7. The maximum atomic E-state index is 15.2. The zero-order valence-corrected chi connectivity index (χ0v) is 60.1. The summed E-state index contributed by atoms with van der Waals surface area (Å²) >= 11 is 0. The van der Waals surface area contributed by atoms with Crippen LogP contribution in [0.25, 0.3) is 0 Å². The van der Waals surface area contributed by atoms with Crippen molar-refractivity contribution in [3.8, 4) is 17.2 Å². The average molecular weight is 1570 g/mol. The lowest BCUT2D eigenvalue weighted by Crippen LogP contribution is -2.45. The highest BCUT2D eigenvalue weighted by Crippen LogP contribution is 2.63. The number of hydrogen-bond donors (Lipinski definition) is 4. The second kappa shape index (κ2) is 29.9. The molecule has 6 aromatic rings. The molecule has 107 heavy (non-hydrogen) atoms. The predicted molar refractivity (Wildman–Crippen MR) is 356 cm³/mol. The lowest BCUT2D eigenvalue weighted by molar-refractivity contribution is -0.139. The van der Waals surface area contributed by atoms with E-state index in [9.17, 15) is 42.5 Å². The van der Waals surface area contributed by atoms with Crippen molar-refractivity contribution in [2.24, 2.45) is 0 Å². The molecule has 3 aromatic heterocycles. The van der Waals surface area contributed by atoms with E-state index in [1.54, 1.807) is 96.1 Å². The van der Waals surface area contributed by atoms with Crippen LogP contribution < -0.4 is 52.5 Å². The minimum absolute atomic E-state index is 0.0129. The molecule has 0 radical (unpaired) electrons. The molecule has 0 saturated carbocycles. The van der Waals surface area contributed by atoms with Gasteiger partial charge in [0.2, 0.25) is 18.7 Å². The molecule has 43 heteroatoms. The topological polar surface area (TPSA) is 394 Å². The second-order valence-electron chi connectivity index (χ2n) is 26.1. The van der Waals surface area contributed by atoms with Crippen molar-refractivity contribution in [2.75, 3.05) is 60.8 Å².